The number of amides is 1. The molecule has 0 N–H and O–H groups in total. The fourth-order valence-corrected chi connectivity index (χ4v) is 2.84. The summed E-state index contributed by atoms with van der Waals surface area (Å²) in [7, 11) is 0. The van der Waals surface area contributed by atoms with Crippen LogP contribution in [0.25, 0.3) is 0 Å². The lowest BCUT2D eigenvalue weighted by Crippen LogP contribution is -2.45. The molecule has 7 nitrogen and oxygen atoms in total. The summed E-state index contributed by atoms with van der Waals surface area (Å²) in [6, 6.07) is 6.25. The number of amidine groups is 1. The minimum atomic E-state index is -0.434. The van der Waals surface area contributed by atoms with Gasteiger partial charge in [-0.15, -0.1) is 0 Å². The smallest absolute Gasteiger partial charge is 0.269 e. The van der Waals surface area contributed by atoms with Gasteiger partial charge in [0.1, 0.15) is 13.3 Å². The van der Waals surface area contributed by atoms with Crippen LogP contribution in [0.1, 0.15) is 0 Å². The van der Waals surface area contributed by atoms with Crippen molar-refractivity contribution in [1.82, 2.24) is 4.90 Å². The molecule has 0 aromatic heterocycles. The molecule has 0 aliphatic carbocycles. The lowest BCUT2D eigenvalue weighted by atomic mass is 10.2. The van der Waals surface area contributed by atoms with Gasteiger partial charge in [-0.3, -0.25) is 19.8 Å². The molecule has 2 heterocycles. The van der Waals surface area contributed by atoms with E-state index in [2.05, 4.69) is 4.99 Å². The molecule has 2 aliphatic heterocycles. The van der Waals surface area contributed by atoms with Crippen LogP contribution in [0.3, 0.4) is 0 Å². The molecule has 1 fully saturated rings. The number of non-ortho nitro benzene ring substituents is 1. The van der Waals surface area contributed by atoms with Gasteiger partial charge in [0.05, 0.1) is 10.7 Å². The van der Waals surface area contributed by atoms with Gasteiger partial charge in [-0.2, -0.15) is 0 Å². The van der Waals surface area contributed by atoms with Crippen LogP contribution in [0.4, 0.5) is 11.4 Å². The van der Waals surface area contributed by atoms with Crippen LogP contribution in [0, 0.1) is 10.1 Å². The van der Waals surface area contributed by atoms with Crippen LogP contribution in [0.5, 0.6) is 0 Å². The number of thioether (sulfide) groups is 1. The number of hydrogen-bond acceptors (Lipinski definition) is 6. The van der Waals surface area contributed by atoms with Crippen molar-refractivity contribution in [1.29, 1.82) is 0 Å². The predicted molar refractivity (Wildman–Crippen MR) is 72.0 cm³/mol. The van der Waals surface area contributed by atoms with Crippen LogP contribution >= 0.6 is 11.8 Å². The Kier molecular flexibility index (Phi) is 2.86. The molecule has 0 unspecified atom stereocenters. The minimum Gasteiger partial charge on any atom is -0.334 e. The van der Waals surface area contributed by atoms with Crippen molar-refractivity contribution < 1.29 is 9.72 Å². The summed E-state index contributed by atoms with van der Waals surface area (Å²) in [6.07, 6.45) is 0. The van der Waals surface area contributed by atoms with E-state index in [0.717, 1.165) is 10.9 Å². The quantitative estimate of drug-likeness (QED) is 0.601. The van der Waals surface area contributed by atoms with Crippen molar-refractivity contribution >= 4 is 34.2 Å². The van der Waals surface area contributed by atoms with Crippen LogP contribution in [-0.2, 0) is 4.79 Å². The Morgan fingerprint density at radius 1 is 1.32 bits per heavy atom. The zero-order valence-corrected chi connectivity index (χ0v) is 10.7. The number of nitro groups is 1. The van der Waals surface area contributed by atoms with E-state index in [4.69, 9.17) is 0 Å². The number of nitro benzene ring substituents is 1. The van der Waals surface area contributed by atoms with Gasteiger partial charge in [0.25, 0.3) is 5.69 Å². The van der Waals surface area contributed by atoms with E-state index in [1.807, 2.05) is 4.90 Å². The molecule has 3 rings (SSSR count). The highest BCUT2D eigenvalue weighted by molar-refractivity contribution is 8.15. The van der Waals surface area contributed by atoms with Gasteiger partial charge in [-0.25, -0.2) is 4.99 Å². The summed E-state index contributed by atoms with van der Waals surface area (Å²) in [6.45, 7) is 0.909. The number of benzene rings is 1. The fourth-order valence-electron chi connectivity index (χ4n) is 1.97. The molecule has 0 atom stereocenters. The summed E-state index contributed by atoms with van der Waals surface area (Å²) in [5.74, 6) is 0.489. The first-order valence-corrected chi connectivity index (χ1v) is 6.61. The average Bonchev–Trinajstić information content (AvgIpc) is 2.80. The Labute approximate surface area is 113 Å². The van der Waals surface area contributed by atoms with E-state index in [9.17, 15) is 14.9 Å². The Morgan fingerprint density at radius 2 is 2.05 bits per heavy atom. The van der Waals surface area contributed by atoms with E-state index in [1.54, 1.807) is 17.0 Å². The summed E-state index contributed by atoms with van der Waals surface area (Å²) in [4.78, 5) is 29.7. The first kappa shape index (κ1) is 12.0. The van der Waals surface area contributed by atoms with Crippen molar-refractivity contribution in [2.24, 2.45) is 4.99 Å². The maximum absolute atomic E-state index is 11.6. The number of nitrogens with zero attached hydrogens (tertiary/aromatic N) is 4. The van der Waals surface area contributed by atoms with E-state index in [1.165, 1.54) is 23.9 Å². The predicted octanol–water partition coefficient (Wildman–Crippen LogP) is 1.26. The molecule has 19 heavy (non-hydrogen) atoms. The van der Waals surface area contributed by atoms with Gasteiger partial charge in [0.2, 0.25) is 5.91 Å². The van der Waals surface area contributed by atoms with E-state index in [-0.39, 0.29) is 11.6 Å². The third-order valence-corrected chi connectivity index (χ3v) is 3.97. The monoisotopic (exact) mass is 278 g/mol. The molecule has 1 aromatic carbocycles. The number of fused-ring (bicyclic) bond motifs is 1. The normalized spacial score (nSPS) is 18.3. The summed E-state index contributed by atoms with van der Waals surface area (Å²) < 4.78 is 0. The molecule has 1 aromatic rings. The van der Waals surface area contributed by atoms with E-state index < -0.39 is 4.92 Å². The van der Waals surface area contributed by atoms with Crippen molar-refractivity contribution in [3.8, 4) is 0 Å². The topological polar surface area (TPSA) is 79.0 Å². The molecule has 0 bridgehead atoms. The Hall–Kier alpha value is -2.09. The lowest BCUT2D eigenvalue weighted by molar-refractivity contribution is -0.384. The first-order valence-electron chi connectivity index (χ1n) is 5.62. The number of carbonyl (C=O) groups excluding carboxylic acids is 1. The molecule has 2 aliphatic rings. The molecular formula is C11H10N4O3S. The van der Waals surface area contributed by atoms with Crippen molar-refractivity contribution in [3.05, 3.63) is 34.4 Å². The zero-order chi connectivity index (χ0) is 13.4. The van der Waals surface area contributed by atoms with Gasteiger partial charge in [-0.05, 0) is 12.1 Å². The average molecular weight is 278 g/mol. The molecule has 8 heteroatoms. The highest BCUT2D eigenvalue weighted by Gasteiger charge is 2.32. The second-order valence-corrected chi connectivity index (χ2v) is 5.09. The van der Waals surface area contributed by atoms with Gasteiger partial charge in [0, 0.05) is 17.8 Å². The van der Waals surface area contributed by atoms with Gasteiger partial charge < -0.3 is 4.90 Å². The van der Waals surface area contributed by atoms with Crippen LogP contribution < -0.4 is 4.90 Å². The number of anilines is 1. The number of carbonyl (C=O) groups is 1. The molecule has 0 spiro atoms. The zero-order valence-electron chi connectivity index (χ0n) is 9.85. The lowest BCUT2D eigenvalue weighted by Gasteiger charge is -2.32. The summed E-state index contributed by atoms with van der Waals surface area (Å²) in [5, 5.41) is 11.4. The van der Waals surface area contributed by atoms with Crippen LogP contribution in [0.15, 0.2) is 29.3 Å². The SMILES string of the molecule is O=C1CSC2=NCN(c3ccc([N+](=O)[O-])cc3)CN12. The van der Waals surface area contributed by atoms with Gasteiger partial charge >= 0.3 is 0 Å². The van der Waals surface area contributed by atoms with Crippen LogP contribution in [-0.4, -0.2) is 40.0 Å². The summed E-state index contributed by atoms with van der Waals surface area (Å²) >= 11 is 1.45. The van der Waals surface area contributed by atoms with Gasteiger partial charge in [0.15, 0.2) is 5.17 Å². The maximum Gasteiger partial charge on any atom is 0.269 e. The fraction of sp³-hybridized carbons (Fsp3) is 0.273. The molecule has 0 saturated carbocycles. The number of aliphatic imine (C=N–C) groups is 1. The highest BCUT2D eigenvalue weighted by Crippen LogP contribution is 2.26. The molecule has 1 amide bonds. The third kappa shape index (κ3) is 2.14. The van der Waals surface area contributed by atoms with E-state index >= 15 is 0 Å². The highest BCUT2D eigenvalue weighted by atomic mass is 32.2. The molecular weight excluding hydrogens is 268 g/mol. The largest absolute Gasteiger partial charge is 0.334 e. The van der Waals surface area contributed by atoms with Gasteiger partial charge in [-0.1, -0.05) is 11.8 Å². The molecule has 1 saturated heterocycles. The molecule has 0 radical (unpaired) electrons. The van der Waals surface area contributed by atoms with Crippen molar-refractivity contribution in [2.75, 3.05) is 24.0 Å². The maximum atomic E-state index is 11.6. The second-order valence-electron chi connectivity index (χ2n) is 4.15. The minimum absolute atomic E-state index is 0.0513. The second kappa shape index (κ2) is 4.54. The standard InChI is InChI=1S/C11H10N4O3S/c16-10-5-19-11-12-6-13(7-14(10)11)8-1-3-9(4-2-8)15(17)18/h1-4H,5-7H2. The number of hydrogen-bond donors (Lipinski definition) is 0. The van der Waals surface area contributed by atoms with Crippen molar-refractivity contribution in [3.63, 3.8) is 0 Å². The first-order chi connectivity index (χ1) is 9.15. The Morgan fingerprint density at radius 3 is 2.74 bits per heavy atom. The third-order valence-electron chi connectivity index (χ3n) is 2.97. The number of rotatable bonds is 2. The Balaban J connectivity index is 1.80. The van der Waals surface area contributed by atoms with E-state index in [0.29, 0.717) is 19.1 Å². The van der Waals surface area contributed by atoms with Crippen molar-refractivity contribution in [2.45, 2.75) is 0 Å². The van der Waals surface area contributed by atoms with Crippen LogP contribution in [0.2, 0.25) is 0 Å². The molecule has 98 valence electrons. The Bertz CT molecular complexity index is 572. The summed E-state index contributed by atoms with van der Waals surface area (Å²) in [5.41, 5.74) is 0.871.